The Balaban J connectivity index is 3.87. The molecule has 12 heavy (non-hydrogen) atoms. The molecule has 4 nitrogen and oxygen atoms in total. The van der Waals surface area contributed by atoms with Gasteiger partial charge in [0.25, 0.3) is 0 Å². The fraction of sp³-hybridized carbons (Fsp3) is 0.875. The zero-order valence-corrected chi connectivity index (χ0v) is 8.00. The molecule has 0 unspecified atom stereocenters. The third kappa shape index (κ3) is 5.09. The highest BCUT2D eigenvalue weighted by atomic mass is 16.3. The summed E-state index contributed by atoms with van der Waals surface area (Å²) in [7, 11) is 1.66. The molecule has 0 aromatic heterocycles. The minimum Gasteiger partial charge on any atom is -0.395 e. The van der Waals surface area contributed by atoms with Gasteiger partial charge in [-0.25, -0.2) is 0 Å². The normalized spacial score (nSPS) is 11.4. The molecule has 0 spiro atoms. The van der Waals surface area contributed by atoms with Crippen molar-refractivity contribution < 1.29 is 9.90 Å². The van der Waals surface area contributed by atoms with Gasteiger partial charge in [0.05, 0.1) is 6.61 Å². The summed E-state index contributed by atoms with van der Waals surface area (Å²) >= 11 is 0. The molecule has 1 amide bonds. The smallest absolute Gasteiger partial charge is 0.224 e. The Labute approximate surface area is 73.3 Å². The third-order valence-corrected chi connectivity index (χ3v) is 1.47. The summed E-state index contributed by atoms with van der Waals surface area (Å²) in [4.78, 5) is 12.8. The second kappa shape index (κ2) is 4.42. The number of carbonyl (C=O) groups is 1. The predicted octanol–water partition coefficient (Wildman–Crippen LogP) is -0.435. The van der Waals surface area contributed by atoms with Gasteiger partial charge < -0.3 is 15.7 Å². The highest BCUT2D eigenvalue weighted by molar-refractivity contribution is 5.76. The van der Waals surface area contributed by atoms with E-state index in [-0.39, 0.29) is 12.5 Å². The van der Waals surface area contributed by atoms with Gasteiger partial charge in [0, 0.05) is 25.6 Å². The number of likely N-dealkylation sites (N-methyl/N-ethyl adjacent to an activating group) is 1. The van der Waals surface area contributed by atoms with E-state index >= 15 is 0 Å². The van der Waals surface area contributed by atoms with E-state index in [2.05, 4.69) is 0 Å². The Morgan fingerprint density at radius 1 is 1.58 bits per heavy atom. The first-order valence-electron chi connectivity index (χ1n) is 4.00. The zero-order chi connectivity index (χ0) is 9.78. The summed E-state index contributed by atoms with van der Waals surface area (Å²) in [5.74, 6) is -0.0310. The van der Waals surface area contributed by atoms with Crippen LogP contribution in [0.1, 0.15) is 20.3 Å². The molecular formula is C8H18N2O2. The highest BCUT2D eigenvalue weighted by Crippen LogP contribution is 2.05. The number of hydrogen-bond donors (Lipinski definition) is 2. The molecule has 0 atom stereocenters. The number of aliphatic hydroxyl groups excluding tert-OH is 1. The Hall–Kier alpha value is -0.610. The van der Waals surface area contributed by atoms with Crippen molar-refractivity contribution in [3.05, 3.63) is 0 Å². The van der Waals surface area contributed by atoms with Crippen molar-refractivity contribution in [1.82, 2.24) is 4.90 Å². The van der Waals surface area contributed by atoms with E-state index in [4.69, 9.17) is 10.8 Å². The van der Waals surface area contributed by atoms with Gasteiger partial charge in [-0.1, -0.05) is 0 Å². The van der Waals surface area contributed by atoms with Gasteiger partial charge in [-0.15, -0.1) is 0 Å². The molecule has 0 aromatic carbocycles. The van der Waals surface area contributed by atoms with Crippen LogP contribution < -0.4 is 5.73 Å². The summed E-state index contributed by atoms with van der Waals surface area (Å²) in [6.45, 7) is 3.97. The lowest BCUT2D eigenvalue weighted by Gasteiger charge is -2.22. The largest absolute Gasteiger partial charge is 0.395 e. The van der Waals surface area contributed by atoms with Gasteiger partial charge >= 0.3 is 0 Å². The quantitative estimate of drug-likeness (QED) is 0.607. The maximum atomic E-state index is 11.3. The molecule has 0 aliphatic heterocycles. The number of hydrogen-bond acceptors (Lipinski definition) is 3. The SMILES string of the molecule is CN(CCO)C(=O)CC(C)(C)N. The van der Waals surface area contributed by atoms with E-state index in [1.807, 2.05) is 0 Å². The monoisotopic (exact) mass is 174 g/mol. The van der Waals surface area contributed by atoms with Crippen molar-refractivity contribution in [1.29, 1.82) is 0 Å². The van der Waals surface area contributed by atoms with E-state index in [0.29, 0.717) is 13.0 Å². The van der Waals surface area contributed by atoms with Crippen molar-refractivity contribution >= 4 is 5.91 Å². The van der Waals surface area contributed by atoms with Gasteiger partial charge in [-0.3, -0.25) is 4.79 Å². The van der Waals surface area contributed by atoms with Gasteiger partial charge in [0.1, 0.15) is 0 Å². The van der Waals surface area contributed by atoms with Crippen molar-refractivity contribution in [3.63, 3.8) is 0 Å². The second-order valence-corrected chi connectivity index (χ2v) is 3.70. The summed E-state index contributed by atoms with van der Waals surface area (Å²) < 4.78 is 0. The first-order chi connectivity index (χ1) is 5.37. The fourth-order valence-electron chi connectivity index (χ4n) is 0.799. The van der Waals surface area contributed by atoms with Crippen LogP contribution in [-0.2, 0) is 4.79 Å². The van der Waals surface area contributed by atoms with Crippen LogP contribution in [0, 0.1) is 0 Å². The minimum atomic E-state index is -0.471. The molecule has 4 heteroatoms. The van der Waals surface area contributed by atoms with Crippen LogP contribution in [0.2, 0.25) is 0 Å². The van der Waals surface area contributed by atoms with Crippen LogP contribution in [0.3, 0.4) is 0 Å². The van der Waals surface area contributed by atoms with Crippen LogP contribution in [0.25, 0.3) is 0 Å². The van der Waals surface area contributed by atoms with Crippen LogP contribution in [0.5, 0.6) is 0 Å². The van der Waals surface area contributed by atoms with Crippen molar-refractivity contribution in [2.75, 3.05) is 20.2 Å². The van der Waals surface area contributed by atoms with E-state index in [1.54, 1.807) is 20.9 Å². The van der Waals surface area contributed by atoms with Crippen LogP contribution >= 0.6 is 0 Å². The van der Waals surface area contributed by atoms with Crippen molar-refractivity contribution in [2.24, 2.45) is 5.73 Å². The van der Waals surface area contributed by atoms with Crippen LogP contribution in [0.15, 0.2) is 0 Å². The van der Waals surface area contributed by atoms with Gasteiger partial charge in [-0.05, 0) is 13.8 Å². The van der Waals surface area contributed by atoms with Gasteiger partial charge in [0.15, 0.2) is 0 Å². The Morgan fingerprint density at radius 3 is 2.42 bits per heavy atom. The molecule has 3 N–H and O–H groups in total. The summed E-state index contributed by atoms with van der Waals surface area (Å²) in [5.41, 5.74) is 5.19. The fourth-order valence-corrected chi connectivity index (χ4v) is 0.799. The molecule has 0 aromatic rings. The molecule has 0 radical (unpaired) electrons. The first kappa shape index (κ1) is 11.4. The van der Waals surface area contributed by atoms with E-state index in [9.17, 15) is 4.79 Å². The lowest BCUT2D eigenvalue weighted by molar-refractivity contribution is -0.131. The van der Waals surface area contributed by atoms with Gasteiger partial charge in [0.2, 0.25) is 5.91 Å². The first-order valence-corrected chi connectivity index (χ1v) is 4.00. The van der Waals surface area contributed by atoms with E-state index in [0.717, 1.165) is 0 Å². The van der Waals surface area contributed by atoms with Crippen LogP contribution in [0.4, 0.5) is 0 Å². The summed E-state index contributed by atoms with van der Waals surface area (Å²) in [5, 5.41) is 8.56. The standard InChI is InChI=1S/C8H18N2O2/c1-8(2,9)6-7(12)10(3)4-5-11/h11H,4-6,9H2,1-3H3. The molecule has 72 valence electrons. The molecule has 0 saturated heterocycles. The Morgan fingerprint density at radius 2 is 2.08 bits per heavy atom. The molecule has 0 aliphatic rings. The molecule has 0 saturated carbocycles. The highest BCUT2D eigenvalue weighted by Gasteiger charge is 2.18. The number of rotatable bonds is 4. The predicted molar refractivity (Wildman–Crippen MR) is 47.6 cm³/mol. The topological polar surface area (TPSA) is 66.6 Å². The van der Waals surface area contributed by atoms with Crippen molar-refractivity contribution in [3.8, 4) is 0 Å². The minimum absolute atomic E-state index is 0.00671. The van der Waals surface area contributed by atoms with Crippen LogP contribution in [-0.4, -0.2) is 41.7 Å². The Bertz CT molecular complexity index is 152. The van der Waals surface area contributed by atoms with E-state index in [1.165, 1.54) is 4.90 Å². The number of nitrogens with zero attached hydrogens (tertiary/aromatic N) is 1. The summed E-state index contributed by atoms with van der Waals surface area (Å²) in [6, 6.07) is 0. The lowest BCUT2D eigenvalue weighted by Crippen LogP contribution is -2.40. The molecule has 0 aliphatic carbocycles. The average Bonchev–Trinajstić information content (AvgIpc) is 1.84. The van der Waals surface area contributed by atoms with Gasteiger partial charge in [-0.2, -0.15) is 0 Å². The molecule has 0 bridgehead atoms. The maximum absolute atomic E-state index is 11.3. The lowest BCUT2D eigenvalue weighted by atomic mass is 10.0. The molecule has 0 rings (SSSR count). The number of aliphatic hydroxyl groups is 1. The maximum Gasteiger partial charge on any atom is 0.224 e. The van der Waals surface area contributed by atoms with E-state index < -0.39 is 5.54 Å². The third-order valence-electron chi connectivity index (χ3n) is 1.47. The molecule has 0 heterocycles. The average molecular weight is 174 g/mol. The molecular weight excluding hydrogens is 156 g/mol. The Kier molecular flexibility index (Phi) is 4.20. The van der Waals surface area contributed by atoms with Crippen molar-refractivity contribution in [2.45, 2.75) is 25.8 Å². The number of nitrogens with two attached hydrogens (primary N) is 1. The number of amides is 1. The number of carbonyl (C=O) groups excluding carboxylic acids is 1. The molecule has 0 fully saturated rings. The second-order valence-electron chi connectivity index (χ2n) is 3.70. The zero-order valence-electron chi connectivity index (χ0n) is 8.00. The summed E-state index contributed by atoms with van der Waals surface area (Å²) in [6.07, 6.45) is 0.309.